The second kappa shape index (κ2) is 15.8. The molecule has 2 aromatic carbocycles. The minimum Gasteiger partial charge on any atom is -0.496 e. The highest BCUT2D eigenvalue weighted by molar-refractivity contribution is 6.07. The van der Waals surface area contributed by atoms with Gasteiger partial charge in [0.2, 0.25) is 0 Å². The van der Waals surface area contributed by atoms with E-state index < -0.39 is 0 Å². The van der Waals surface area contributed by atoms with Crippen LogP contribution in [0.1, 0.15) is 128 Å². The molecule has 230 valence electrons. The first-order chi connectivity index (χ1) is 20.9. The van der Waals surface area contributed by atoms with Gasteiger partial charge in [-0.1, -0.05) is 89.6 Å². The van der Waals surface area contributed by atoms with E-state index in [1.165, 1.54) is 12.8 Å². The van der Waals surface area contributed by atoms with E-state index in [0.29, 0.717) is 12.8 Å². The van der Waals surface area contributed by atoms with Gasteiger partial charge in [-0.2, -0.15) is 0 Å². The minimum atomic E-state index is -0.0244. The number of hydrogen-bond donors (Lipinski definition) is 0. The summed E-state index contributed by atoms with van der Waals surface area (Å²) < 4.78 is 5.77. The largest absolute Gasteiger partial charge is 0.496 e. The molecule has 2 heterocycles. The van der Waals surface area contributed by atoms with Gasteiger partial charge in [0.05, 0.1) is 24.7 Å². The number of anilines is 1. The molecule has 1 amide bonds. The minimum absolute atomic E-state index is 0.0244. The summed E-state index contributed by atoms with van der Waals surface area (Å²) in [7, 11) is 3.48. The summed E-state index contributed by atoms with van der Waals surface area (Å²) in [6.07, 6.45) is 13.6. The van der Waals surface area contributed by atoms with Crippen LogP contribution in [0.15, 0.2) is 48.7 Å². The third-order valence-electron chi connectivity index (χ3n) is 9.00. The van der Waals surface area contributed by atoms with Crippen LogP contribution in [0.3, 0.4) is 0 Å². The number of carbonyl (C=O) groups excluding carboxylic acids is 2. The molecule has 3 aromatic rings. The predicted octanol–water partition coefficient (Wildman–Crippen LogP) is 8.56. The highest BCUT2D eigenvalue weighted by Gasteiger charge is 2.28. The van der Waals surface area contributed by atoms with Gasteiger partial charge < -0.3 is 9.64 Å². The lowest BCUT2D eigenvalue weighted by molar-refractivity contribution is 0.0901. The van der Waals surface area contributed by atoms with Crippen molar-refractivity contribution < 1.29 is 14.3 Å². The lowest BCUT2D eigenvalue weighted by atomic mass is 9.86. The summed E-state index contributed by atoms with van der Waals surface area (Å²) in [5.74, 6) is 2.00. The first kappa shape index (κ1) is 32.4. The lowest BCUT2D eigenvalue weighted by Crippen LogP contribution is -2.31. The van der Waals surface area contributed by atoms with Crippen LogP contribution in [-0.4, -0.2) is 35.8 Å². The van der Waals surface area contributed by atoms with E-state index in [-0.39, 0.29) is 23.5 Å². The molecule has 1 aliphatic rings. The van der Waals surface area contributed by atoms with Gasteiger partial charge in [0.1, 0.15) is 11.6 Å². The first-order valence-electron chi connectivity index (χ1n) is 16.3. The van der Waals surface area contributed by atoms with E-state index in [0.717, 1.165) is 96.6 Å². The Morgan fingerprint density at radius 3 is 2.40 bits per heavy atom. The number of benzene rings is 2. The number of hydrogen-bond acceptors (Lipinski definition) is 5. The fourth-order valence-electron chi connectivity index (χ4n) is 6.32. The number of aryl methyl sites for hydroxylation is 2. The topological polar surface area (TPSA) is 72.4 Å². The van der Waals surface area contributed by atoms with Crippen LogP contribution < -0.4 is 9.64 Å². The molecular weight excluding hydrogens is 534 g/mol. The molecule has 1 atom stereocenters. The molecule has 0 saturated carbocycles. The summed E-state index contributed by atoms with van der Waals surface area (Å²) in [6.45, 7) is 6.57. The van der Waals surface area contributed by atoms with Gasteiger partial charge in [0, 0.05) is 30.5 Å². The Morgan fingerprint density at radius 1 is 1.00 bits per heavy atom. The number of ketones is 1. The first-order valence-corrected chi connectivity index (χ1v) is 16.3. The Morgan fingerprint density at radius 2 is 1.72 bits per heavy atom. The maximum absolute atomic E-state index is 13.6. The van der Waals surface area contributed by atoms with E-state index in [2.05, 4.69) is 31.8 Å². The predicted molar refractivity (Wildman–Crippen MR) is 174 cm³/mol. The number of carbonyl (C=O) groups is 2. The van der Waals surface area contributed by atoms with Crippen molar-refractivity contribution in [3.63, 3.8) is 0 Å². The molecular formula is C37H49N3O3. The van der Waals surface area contributed by atoms with Crippen molar-refractivity contribution in [1.29, 1.82) is 0 Å². The van der Waals surface area contributed by atoms with Crippen molar-refractivity contribution in [2.24, 2.45) is 5.92 Å². The van der Waals surface area contributed by atoms with Gasteiger partial charge in [-0.3, -0.25) is 9.59 Å². The molecule has 0 saturated heterocycles. The summed E-state index contributed by atoms with van der Waals surface area (Å²) in [5, 5.41) is 0. The zero-order valence-corrected chi connectivity index (χ0v) is 26.8. The molecule has 1 aromatic heterocycles. The quantitative estimate of drug-likeness (QED) is 0.132. The highest BCUT2D eigenvalue weighted by Crippen LogP contribution is 2.34. The van der Waals surface area contributed by atoms with Gasteiger partial charge in [-0.05, 0) is 61.3 Å². The van der Waals surface area contributed by atoms with Crippen molar-refractivity contribution in [3.8, 4) is 5.75 Å². The SMILES string of the molecule is CCCCCC(CCCCC)C(=O)c1ccc(CCc2ncc3c(n2)CC(CC)c2ccccc2C(=O)N3C)c(OC)c1. The molecule has 1 unspecified atom stereocenters. The fourth-order valence-corrected chi connectivity index (χ4v) is 6.32. The number of aromatic nitrogens is 2. The molecule has 0 radical (unpaired) electrons. The van der Waals surface area contributed by atoms with Crippen molar-refractivity contribution in [3.05, 3.63) is 82.4 Å². The zero-order chi connectivity index (χ0) is 30.8. The number of ether oxygens (including phenoxy) is 1. The smallest absolute Gasteiger partial charge is 0.258 e. The molecule has 0 aliphatic carbocycles. The van der Waals surface area contributed by atoms with E-state index in [9.17, 15) is 9.59 Å². The third-order valence-corrected chi connectivity index (χ3v) is 9.00. The normalized spacial score (nSPS) is 14.7. The monoisotopic (exact) mass is 583 g/mol. The van der Waals surface area contributed by atoms with Crippen molar-refractivity contribution in [2.45, 2.75) is 104 Å². The Balaban J connectivity index is 1.50. The molecule has 43 heavy (non-hydrogen) atoms. The van der Waals surface area contributed by atoms with E-state index in [4.69, 9.17) is 9.72 Å². The van der Waals surface area contributed by atoms with Crippen LogP contribution in [0.5, 0.6) is 5.75 Å². The maximum Gasteiger partial charge on any atom is 0.258 e. The fraction of sp³-hybridized carbons (Fsp3) is 0.514. The van der Waals surface area contributed by atoms with Crippen molar-refractivity contribution in [2.75, 3.05) is 19.1 Å². The molecule has 0 fully saturated rings. The molecule has 1 aliphatic heterocycles. The standard InChI is InChI=1S/C37H49N3O3/c1-6-9-11-15-28(16-12-10-7-2)36(41)29-20-19-27(34(24-29)43-5)21-22-35-38-25-33-32(39-35)23-26(8-3)30-17-13-14-18-31(30)37(42)40(33)4/h13-14,17-20,24-26,28H,6-12,15-16,21-23H2,1-5H3. The maximum atomic E-state index is 13.6. The lowest BCUT2D eigenvalue weighted by Gasteiger charge is -2.28. The van der Waals surface area contributed by atoms with Crippen LogP contribution in [0.4, 0.5) is 5.69 Å². The molecule has 0 bridgehead atoms. The number of amides is 1. The van der Waals surface area contributed by atoms with Crippen LogP contribution in [0, 0.1) is 5.92 Å². The van der Waals surface area contributed by atoms with Crippen LogP contribution >= 0.6 is 0 Å². The van der Waals surface area contributed by atoms with Gasteiger partial charge in [-0.15, -0.1) is 0 Å². The van der Waals surface area contributed by atoms with Crippen molar-refractivity contribution >= 4 is 17.4 Å². The van der Waals surface area contributed by atoms with Gasteiger partial charge >= 0.3 is 0 Å². The summed E-state index contributed by atoms with van der Waals surface area (Å²) in [5.41, 5.74) is 5.31. The number of methoxy groups -OCH3 is 1. The Labute approximate surface area is 258 Å². The number of nitrogens with zero attached hydrogens (tertiary/aromatic N) is 3. The molecule has 6 heteroatoms. The molecule has 0 N–H and O–H groups in total. The molecule has 4 rings (SSSR count). The van der Waals surface area contributed by atoms with E-state index in [1.807, 2.05) is 36.4 Å². The second-order valence-electron chi connectivity index (χ2n) is 12.0. The number of Topliss-reactive ketones (excluding diaryl/α,β-unsaturated/α-hetero) is 1. The number of rotatable bonds is 15. The van der Waals surface area contributed by atoms with Gasteiger partial charge in [0.15, 0.2) is 5.78 Å². The summed E-state index contributed by atoms with van der Waals surface area (Å²) in [6, 6.07) is 13.9. The van der Waals surface area contributed by atoms with Crippen molar-refractivity contribution in [1.82, 2.24) is 9.97 Å². The van der Waals surface area contributed by atoms with Gasteiger partial charge in [-0.25, -0.2) is 9.97 Å². The Hall–Kier alpha value is -3.54. The summed E-state index contributed by atoms with van der Waals surface area (Å²) in [4.78, 5) is 38.2. The number of unbranched alkanes of at least 4 members (excludes halogenated alkanes) is 4. The summed E-state index contributed by atoms with van der Waals surface area (Å²) >= 11 is 0. The van der Waals surface area contributed by atoms with Gasteiger partial charge in [0.25, 0.3) is 5.91 Å². The van der Waals surface area contributed by atoms with E-state index in [1.54, 1.807) is 25.3 Å². The third kappa shape index (κ3) is 7.90. The van der Waals surface area contributed by atoms with Crippen LogP contribution in [0.2, 0.25) is 0 Å². The van der Waals surface area contributed by atoms with Crippen LogP contribution in [-0.2, 0) is 19.3 Å². The number of fused-ring (bicyclic) bond motifs is 2. The second-order valence-corrected chi connectivity index (χ2v) is 12.0. The highest BCUT2D eigenvalue weighted by atomic mass is 16.5. The Kier molecular flexibility index (Phi) is 11.9. The van der Waals surface area contributed by atoms with Crippen LogP contribution in [0.25, 0.3) is 0 Å². The Bertz CT molecular complexity index is 1380. The molecule has 6 nitrogen and oxygen atoms in total. The molecule has 0 spiro atoms. The average Bonchev–Trinajstić information content (AvgIpc) is 3.04. The van der Waals surface area contributed by atoms with E-state index >= 15 is 0 Å². The zero-order valence-electron chi connectivity index (χ0n) is 26.8. The average molecular weight is 584 g/mol.